The second-order valence-corrected chi connectivity index (χ2v) is 10.5. The number of carbonyl (C=O) groups is 1. The largest absolute Gasteiger partial charge is 0.336 e. The maximum Gasteiger partial charge on any atom is 0.272 e. The number of amides is 1. The number of nitriles is 1. The second-order valence-electron chi connectivity index (χ2n) is 10.5. The van der Waals surface area contributed by atoms with Crippen LogP contribution in [0.4, 0.5) is 4.39 Å². The quantitative estimate of drug-likeness (QED) is 0.316. The van der Waals surface area contributed by atoms with Gasteiger partial charge >= 0.3 is 0 Å². The van der Waals surface area contributed by atoms with Crippen LogP contribution in [-0.4, -0.2) is 38.7 Å². The minimum Gasteiger partial charge on any atom is -0.336 e. The highest BCUT2D eigenvalue weighted by atomic mass is 19.1. The van der Waals surface area contributed by atoms with Crippen LogP contribution < -0.4 is 0 Å². The molecule has 3 unspecified atom stereocenters. The molecule has 0 spiro atoms. The Morgan fingerprint density at radius 3 is 2.56 bits per heavy atom. The number of aryl methyl sites for hydroxylation is 1. The zero-order valence-corrected chi connectivity index (χ0v) is 21.3. The van der Waals surface area contributed by atoms with E-state index in [-0.39, 0.29) is 23.1 Å². The lowest BCUT2D eigenvalue weighted by Gasteiger charge is -2.25. The lowest BCUT2D eigenvalue weighted by molar-refractivity contribution is 0.0763. The number of nitrogens with zero attached hydrogens (tertiary/aromatic N) is 5. The SMILES string of the molecule is Cc1cc2c(cnn2-c2ccc(F)cc2)cc1C12CN(C(=O)c3ccc(C#N)cn3)CC1C2c1ccccc1. The van der Waals surface area contributed by atoms with Crippen molar-refractivity contribution in [1.29, 1.82) is 5.26 Å². The molecule has 7 heteroatoms. The molecule has 0 bridgehead atoms. The Kier molecular flexibility index (Phi) is 5.14. The van der Waals surface area contributed by atoms with Crippen LogP contribution in [0.2, 0.25) is 0 Å². The van der Waals surface area contributed by atoms with Crippen molar-refractivity contribution in [2.45, 2.75) is 18.3 Å². The van der Waals surface area contributed by atoms with Gasteiger partial charge in [0.2, 0.25) is 0 Å². The number of hydrogen-bond donors (Lipinski definition) is 0. The first-order valence-electron chi connectivity index (χ1n) is 12.9. The van der Waals surface area contributed by atoms with Gasteiger partial charge < -0.3 is 4.90 Å². The van der Waals surface area contributed by atoms with Crippen LogP contribution in [0.5, 0.6) is 0 Å². The van der Waals surface area contributed by atoms with E-state index in [4.69, 9.17) is 5.26 Å². The van der Waals surface area contributed by atoms with E-state index in [0.717, 1.165) is 22.2 Å². The van der Waals surface area contributed by atoms with Crippen molar-refractivity contribution < 1.29 is 9.18 Å². The Morgan fingerprint density at radius 1 is 1.05 bits per heavy atom. The maximum absolute atomic E-state index is 13.5. The maximum atomic E-state index is 13.5. The summed E-state index contributed by atoms with van der Waals surface area (Å²) in [7, 11) is 0. The second kappa shape index (κ2) is 8.60. The van der Waals surface area contributed by atoms with Gasteiger partial charge in [-0.25, -0.2) is 14.1 Å². The molecular formula is C32H24FN5O. The fourth-order valence-corrected chi connectivity index (χ4v) is 6.63. The van der Waals surface area contributed by atoms with Crippen LogP contribution in [0.15, 0.2) is 91.3 Å². The first kappa shape index (κ1) is 23.3. The number of pyridine rings is 1. The van der Waals surface area contributed by atoms with E-state index in [1.165, 1.54) is 29.5 Å². The average molecular weight is 514 g/mol. The molecule has 2 aliphatic rings. The smallest absolute Gasteiger partial charge is 0.272 e. The highest BCUT2D eigenvalue weighted by molar-refractivity contribution is 5.93. The molecule has 1 aliphatic heterocycles. The summed E-state index contributed by atoms with van der Waals surface area (Å²) in [4.78, 5) is 19.6. The molecule has 2 aromatic heterocycles. The summed E-state index contributed by atoms with van der Waals surface area (Å²) >= 11 is 0. The molecule has 190 valence electrons. The van der Waals surface area contributed by atoms with Gasteiger partial charge in [-0.05, 0) is 78.1 Å². The minimum absolute atomic E-state index is 0.110. The van der Waals surface area contributed by atoms with Crippen LogP contribution in [0, 0.1) is 30.0 Å². The summed E-state index contributed by atoms with van der Waals surface area (Å²) in [5.41, 5.74) is 6.00. The summed E-state index contributed by atoms with van der Waals surface area (Å²) in [6, 6.07) is 26.6. The summed E-state index contributed by atoms with van der Waals surface area (Å²) < 4.78 is 15.3. The lowest BCUT2D eigenvalue weighted by Crippen LogP contribution is -2.35. The molecule has 7 rings (SSSR count). The predicted molar refractivity (Wildman–Crippen MR) is 145 cm³/mol. The third-order valence-electron chi connectivity index (χ3n) is 8.42. The Labute approximate surface area is 224 Å². The minimum atomic E-state index is -0.281. The van der Waals surface area contributed by atoms with Crippen LogP contribution >= 0.6 is 0 Å². The first-order valence-corrected chi connectivity index (χ1v) is 12.9. The van der Waals surface area contributed by atoms with Crippen LogP contribution in [0.25, 0.3) is 16.6 Å². The zero-order valence-electron chi connectivity index (χ0n) is 21.3. The molecule has 39 heavy (non-hydrogen) atoms. The van der Waals surface area contributed by atoms with Gasteiger partial charge in [0.05, 0.1) is 23.0 Å². The van der Waals surface area contributed by atoms with Crippen molar-refractivity contribution in [3.8, 4) is 11.8 Å². The molecule has 0 radical (unpaired) electrons. The summed E-state index contributed by atoms with van der Waals surface area (Å²) in [5, 5.41) is 14.7. The van der Waals surface area contributed by atoms with Gasteiger partial charge in [0, 0.05) is 36.0 Å². The van der Waals surface area contributed by atoms with Gasteiger partial charge in [-0.1, -0.05) is 30.3 Å². The average Bonchev–Trinajstić information content (AvgIpc) is 3.23. The van der Waals surface area contributed by atoms with Gasteiger partial charge in [-0.15, -0.1) is 0 Å². The monoisotopic (exact) mass is 513 g/mol. The van der Waals surface area contributed by atoms with Crippen molar-refractivity contribution >= 4 is 16.8 Å². The van der Waals surface area contributed by atoms with Crippen LogP contribution in [0.1, 0.15) is 38.7 Å². The van der Waals surface area contributed by atoms with Gasteiger partial charge in [0.1, 0.15) is 17.6 Å². The molecule has 3 heterocycles. The molecule has 5 aromatic rings. The number of hydrogen-bond acceptors (Lipinski definition) is 4. The topological polar surface area (TPSA) is 74.8 Å². The molecule has 0 N–H and O–H groups in total. The number of piperidine rings is 1. The summed E-state index contributed by atoms with van der Waals surface area (Å²) in [6.45, 7) is 3.36. The van der Waals surface area contributed by atoms with Gasteiger partial charge in [-0.3, -0.25) is 4.79 Å². The first-order chi connectivity index (χ1) is 19.0. The Bertz CT molecular complexity index is 1770. The standard InChI is InChI=1S/C32H24FN5O/c1-20-13-29-23(17-36-38(29)25-10-8-24(33)9-11-25)14-26(20)32-19-37(31(39)28-12-7-21(15-34)16-35-28)18-27(32)30(32)22-5-3-2-4-6-22/h2-14,16-17,27,30H,18-19H2,1H3. The van der Waals surface area contributed by atoms with E-state index in [0.29, 0.717) is 30.3 Å². The fraction of sp³-hybridized carbons (Fsp3) is 0.188. The predicted octanol–water partition coefficient (Wildman–Crippen LogP) is 5.55. The van der Waals surface area contributed by atoms with Crippen molar-refractivity contribution in [1.82, 2.24) is 19.7 Å². The number of benzene rings is 3. The van der Waals surface area contributed by atoms with E-state index >= 15 is 0 Å². The lowest BCUT2D eigenvalue weighted by atomic mass is 9.86. The number of halogens is 1. The van der Waals surface area contributed by atoms with Crippen molar-refractivity contribution in [3.05, 3.63) is 125 Å². The van der Waals surface area contributed by atoms with Crippen LogP contribution in [0.3, 0.4) is 0 Å². The van der Waals surface area contributed by atoms with Gasteiger partial charge in [0.25, 0.3) is 5.91 Å². The molecule has 3 atom stereocenters. The van der Waals surface area contributed by atoms with E-state index in [9.17, 15) is 9.18 Å². The van der Waals surface area contributed by atoms with E-state index in [1.54, 1.807) is 24.3 Å². The third kappa shape index (κ3) is 3.56. The molecule has 1 aliphatic carbocycles. The number of likely N-dealkylation sites (tertiary alicyclic amines) is 1. The highest BCUT2D eigenvalue weighted by Gasteiger charge is 2.71. The van der Waals surface area contributed by atoms with E-state index < -0.39 is 0 Å². The Hall–Kier alpha value is -4.83. The van der Waals surface area contributed by atoms with Crippen molar-refractivity contribution in [2.75, 3.05) is 13.1 Å². The number of carbonyl (C=O) groups excluding carboxylic acids is 1. The zero-order chi connectivity index (χ0) is 26.7. The molecule has 3 aromatic carbocycles. The molecule has 6 nitrogen and oxygen atoms in total. The Balaban J connectivity index is 1.29. The highest BCUT2D eigenvalue weighted by Crippen LogP contribution is 2.69. The molecule has 1 saturated heterocycles. The number of fused-ring (bicyclic) bond motifs is 2. The molecular weight excluding hydrogens is 489 g/mol. The van der Waals surface area contributed by atoms with E-state index in [1.807, 2.05) is 21.8 Å². The molecule has 2 fully saturated rings. The fourth-order valence-electron chi connectivity index (χ4n) is 6.63. The summed E-state index contributed by atoms with van der Waals surface area (Å²) in [6.07, 6.45) is 3.30. The summed E-state index contributed by atoms with van der Waals surface area (Å²) in [5.74, 6) is 0.197. The Morgan fingerprint density at radius 2 is 1.85 bits per heavy atom. The van der Waals surface area contributed by atoms with Gasteiger partial charge in [-0.2, -0.15) is 10.4 Å². The molecule has 1 saturated carbocycles. The van der Waals surface area contributed by atoms with Crippen LogP contribution in [-0.2, 0) is 5.41 Å². The normalized spacial score (nSPS) is 21.5. The molecule has 1 amide bonds. The van der Waals surface area contributed by atoms with Gasteiger partial charge in [0.15, 0.2) is 0 Å². The third-order valence-corrected chi connectivity index (χ3v) is 8.42. The van der Waals surface area contributed by atoms with Crippen molar-refractivity contribution in [3.63, 3.8) is 0 Å². The number of aromatic nitrogens is 3. The van der Waals surface area contributed by atoms with E-state index in [2.05, 4.69) is 59.5 Å². The number of rotatable bonds is 4. The van der Waals surface area contributed by atoms with Crippen molar-refractivity contribution in [2.24, 2.45) is 5.92 Å².